The molecule has 3 aromatic rings. The molecule has 3 heterocycles. The summed E-state index contributed by atoms with van der Waals surface area (Å²) in [6.07, 6.45) is 6.62. The van der Waals surface area contributed by atoms with Crippen molar-refractivity contribution < 1.29 is 9.53 Å². The van der Waals surface area contributed by atoms with E-state index in [0.717, 1.165) is 11.3 Å². The van der Waals surface area contributed by atoms with Gasteiger partial charge >= 0.3 is 5.97 Å². The van der Waals surface area contributed by atoms with Gasteiger partial charge in [-0.15, -0.1) is 10.2 Å². The van der Waals surface area contributed by atoms with Crippen LogP contribution in [0.5, 0.6) is 0 Å². The fourth-order valence-corrected chi connectivity index (χ4v) is 2.53. The van der Waals surface area contributed by atoms with Crippen molar-refractivity contribution in [3.05, 3.63) is 41.6 Å². The van der Waals surface area contributed by atoms with Gasteiger partial charge in [-0.25, -0.2) is 9.78 Å². The Morgan fingerprint density at radius 3 is 3.00 bits per heavy atom. The number of tetrazole rings is 1. The average Bonchev–Trinajstić information content (AvgIpc) is 3.15. The van der Waals surface area contributed by atoms with Gasteiger partial charge in [-0.3, -0.25) is 0 Å². The summed E-state index contributed by atoms with van der Waals surface area (Å²) in [6.45, 7) is 2.37. The first-order valence-electron chi connectivity index (χ1n) is 7.65. The molecule has 1 aliphatic rings. The molecule has 8 heteroatoms. The summed E-state index contributed by atoms with van der Waals surface area (Å²) in [5, 5.41) is 11.6. The maximum atomic E-state index is 11.5. The normalized spacial score (nSPS) is 14.3. The average molecular weight is 312 g/mol. The van der Waals surface area contributed by atoms with Crippen LogP contribution in [0.3, 0.4) is 0 Å². The molecule has 0 spiro atoms. The zero-order chi connectivity index (χ0) is 15.8. The van der Waals surface area contributed by atoms with Crippen molar-refractivity contribution in [2.75, 3.05) is 6.61 Å². The summed E-state index contributed by atoms with van der Waals surface area (Å²) >= 11 is 0. The second kappa shape index (κ2) is 5.45. The molecule has 3 aromatic heterocycles. The van der Waals surface area contributed by atoms with Crippen LogP contribution in [0.1, 0.15) is 47.6 Å². The summed E-state index contributed by atoms with van der Waals surface area (Å²) in [6, 6.07) is 4.16. The standard InChI is InChI=1S/C15H16N6O2/c1-2-23-15(22)14-17-19-21(18-14)9-12-8-20-7-11(10-3-4-10)5-6-13(20)16-12/h5-8,10H,2-4,9H2,1H3. The molecule has 0 amide bonds. The zero-order valence-electron chi connectivity index (χ0n) is 12.7. The third-order valence-electron chi connectivity index (χ3n) is 3.79. The van der Waals surface area contributed by atoms with Crippen LogP contribution in [-0.4, -0.2) is 42.2 Å². The highest BCUT2D eigenvalue weighted by molar-refractivity contribution is 5.84. The minimum atomic E-state index is -0.567. The van der Waals surface area contributed by atoms with E-state index in [1.54, 1.807) is 6.92 Å². The Hall–Kier alpha value is -2.77. The molecule has 4 rings (SSSR count). The molecule has 0 radical (unpaired) electrons. The molecular formula is C15H16N6O2. The molecule has 0 saturated heterocycles. The van der Waals surface area contributed by atoms with Crippen molar-refractivity contribution in [3.63, 3.8) is 0 Å². The number of pyridine rings is 1. The lowest BCUT2D eigenvalue weighted by Crippen LogP contribution is -2.09. The van der Waals surface area contributed by atoms with E-state index in [9.17, 15) is 4.79 Å². The van der Waals surface area contributed by atoms with Gasteiger partial charge in [0.15, 0.2) is 0 Å². The summed E-state index contributed by atoms with van der Waals surface area (Å²) in [5.41, 5.74) is 3.05. The molecule has 0 aromatic carbocycles. The number of nitrogens with zero attached hydrogens (tertiary/aromatic N) is 6. The SMILES string of the molecule is CCOC(=O)c1nnn(Cc2cn3cc(C4CC4)ccc3n2)n1. The van der Waals surface area contributed by atoms with Gasteiger partial charge in [0.25, 0.3) is 5.82 Å². The predicted octanol–water partition coefficient (Wildman–Crippen LogP) is 1.42. The number of carbonyl (C=O) groups excluding carboxylic acids is 1. The summed E-state index contributed by atoms with van der Waals surface area (Å²) in [5.74, 6) is 0.101. The van der Waals surface area contributed by atoms with Gasteiger partial charge in [0.05, 0.1) is 12.3 Å². The lowest BCUT2D eigenvalue weighted by molar-refractivity contribution is 0.0511. The highest BCUT2D eigenvalue weighted by Gasteiger charge is 2.23. The van der Waals surface area contributed by atoms with E-state index in [2.05, 4.69) is 32.7 Å². The van der Waals surface area contributed by atoms with Gasteiger partial charge in [-0.1, -0.05) is 6.07 Å². The van der Waals surface area contributed by atoms with Crippen molar-refractivity contribution >= 4 is 11.6 Å². The quantitative estimate of drug-likeness (QED) is 0.662. The highest BCUT2D eigenvalue weighted by Crippen LogP contribution is 2.39. The molecule has 1 aliphatic carbocycles. The van der Waals surface area contributed by atoms with Crippen LogP contribution in [0.2, 0.25) is 0 Å². The minimum Gasteiger partial charge on any atom is -0.460 e. The number of ether oxygens (including phenoxy) is 1. The fourth-order valence-electron chi connectivity index (χ4n) is 2.53. The van der Waals surface area contributed by atoms with Crippen LogP contribution in [0.15, 0.2) is 24.5 Å². The number of aromatic nitrogens is 6. The third kappa shape index (κ3) is 2.79. The molecule has 0 aliphatic heterocycles. The minimum absolute atomic E-state index is 0.0355. The summed E-state index contributed by atoms with van der Waals surface area (Å²) in [4.78, 5) is 17.4. The Morgan fingerprint density at radius 1 is 1.35 bits per heavy atom. The van der Waals surface area contributed by atoms with E-state index in [-0.39, 0.29) is 12.4 Å². The number of hydrogen-bond acceptors (Lipinski definition) is 6. The monoisotopic (exact) mass is 312 g/mol. The number of esters is 1. The summed E-state index contributed by atoms with van der Waals surface area (Å²) in [7, 11) is 0. The Bertz CT molecular complexity index is 864. The van der Waals surface area contributed by atoms with Crippen molar-refractivity contribution in [3.8, 4) is 0 Å². The van der Waals surface area contributed by atoms with Gasteiger partial charge in [0.1, 0.15) is 12.2 Å². The van der Waals surface area contributed by atoms with Crippen LogP contribution in [0.25, 0.3) is 5.65 Å². The van der Waals surface area contributed by atoms with Crippen LogP contribution >= 0.6 is 0 Å². The molecule has 1 saturated carbocycles. The largest absolute Gasteiger partial charge is 0.460 e. The Balaban J connectivity index is 1.54. The van der Waals surface area contributed by atoms with Crippen molar-refractivity contribution in [1.29, 1.82) is 0 Å². The fraction of sp³-hybridized carbons (Fsp3) is 0.400. The molecule has 0 bridgehead atoms. The van der Waals surface area contributed by atoms with E-state index in [1.165, 1.54) is 23.2 Å². The third-order valence-corrected chi connectivity index (χ3v) is 3.79. The summed E-state index contributed by atoms with van der Waals surface area (Å²) < 4.78 is 6.86. The molecule has 0 atom stereocenters. The number of rotatable bonds is 5. The van der Waals surface area contributed by atoms with Gasteiger partial charge in [-0.05, 0) is 42.5 Å². The first kappa shape index (κ1) is 13.9. The molecule has 0 unspecified atom stereocenters. The van der Waals surface area contributed by atoms with Crippen LogP contribution in [0, 0.1) is 0 Å². The van der Waals surface area contributed by atoms with Crippen LogP contribution in [-0.2, 0) is 11.3 Å². The van der Waals surface area contributed by atoms with Crippen molar-refractivity contribution in [1.82, 2.24) is 29.6 Å². The molecule has 8 nitrogen and oxygen atoms in total. The smallest absolute Gasteiger partial charge is 0.380 e. The molecule has 1 fully saturated rings. The molecule has 118 valence electrons. The Kier molecular flexibility index (Phi) is 3.29. The number of carbonyl (C=O) groups is 1. The first-order chi connectivity index (χ1) is 11.2. The lowest BCUT2D eigenvalue weighted by Gasteiger charge is -1.98. The first-order valence-corrected chi connectivity index (χ1v) is 7.65. The van der Waals surface area contributed by atoms with Gasteiger partial charge in [0, 0.05) is 12.4 Å². The van der Waals surface area contributed by atoms with Crippen LogP contribution in [0.4, 0.5) is 0 Å². The second-order valence-electron chi connectivity index (χ2n) is 5.60. The molecule has 23 heavy (non-hydrogen) atoms. The van der Waals surface area contributed by atoms with Gasteiger partial charge in [-0.2, -0.15) is 4.80 Å². The van der Waals surface area contributed by atoms with E-state index >= 15 is 0 Å². The lowest BCUT2D eigenvalue weighted by atomic mass is 10.2. The Morgan fingerprint density at radius 2 is 2.22 bits per heavy atom. The molecule has 0 N–H and O–H groups in total. The Labute approximate surface area is 132 Å². The topological polar surface area (TPSA) is 87.2 Å². The maximum Gasteiger partial charge on any atom is 0.380 e. The van der Waals surface area contributed by atoms with Gasteiger partial charge < -0.3 is 9.14 Å². The maximum absolute atomic E-state index is 11.5. The van der Waals surface area contributed by atoms with E-state index in [0.29, 0.717) is 12.5 Å². The number of fused-ring (bicyclic) bond motifs is 1. The van der Waals surface area contributed by atoms with Crippen molar-refractivity contribution in [2.24, 2.45) is 0 Å². The zero-order valence-corrected chi connectivity index (χ0v) is 12.7. The van der Waals surface area contributed by atoms with Crippen LogP contribution < -0.4 is 0 Å². The van der Waals surface area contributed by atoms with E-state index in [1.807, 2.05) is 16.7 Å². The predicted molar refractivity (Wildman–Crippen MR) is 80.0 cm³/mol. The van der Waals surface area contributed by atoms with Gasteiger partial charge in [0.2, 0.25) is 0 Å². The second-order valence-corrected chi connectivity index (χ2v) is 5.60. The number of imidazole rings is 1. The van der Waals surface area contributed by atoms with Crippen molar-refractivity contribution in [2.45, 2.75) is 32.2 Å². The number of hydrogen-bond donors (Lipinski definition) is 0. The van der Waals surface area contributed by atoms with E-state index in [4.69, 9.17) is 4.74 Å². The van der Waals surface area contributed by atoms with E-state index < -0.39 is 5.97 Å². The highest BCUT2D eigenvalue weighted by atomic mass is 16.5. The molecular weight excluding hydrogens is 296 g/mol.